The van der Waals surface area contributed by atoms with Crippen LogP contribution in [0.4, 0.5) is 18.9 Å². The maximum Gasteiger partial charge on any atom is 0.417 e. The summed E-state index contributed by atoms with van der Waals surface area (Å²) in [5.41, 5.74) is -1.10. The zero-order chi connectivity index (χ0) is 12.1. The highest BCUT2D eigenvalue weighted by Gasteiger charge is 2.38. The van der Waals surface area contributed by atoms with Crippen LogP contribution in [0.2, 0.25) is 0 Å². The first kappa shape index (κ1) is 11.1. The highest BCUT2D eigenvalue weighted by atomic mass is 79.9. The summed E-state index contributed by atoms with van der Waals surface area (Å²) < 4.78 is 37.1. The molecular formula is C9H3BrF3NO2. The lowest BCUT2D eigenvalue weighted by atomic mass is 10.1. The van der Waals surface area contributed by atoms with E-state index in [-0.39, 0.29) is 15.7 Å². The molecule has 0 unspecified atom stereocenters. The van der Waals surface area contributed by atoms with Crippen LogP contribution in [0.3, 0.4) is 0 Å². The molecule has 0 bridgehead atoms. The van der Waals surface area contributed by atoms with E-state index in [1.165, 1.54) is 0 Å². The van der Waals surface area contributed by atoms with Gasteiger partial charge in [0, 0.05) is 0 Å². The number of nitrogens with one attached hydrogen (secondary N) is 1. The molecule has 0 fully saturated rings. The molecule has 1 aliphatic heterocycles. The summed E-state index contributed by atoms with van der Waals surface area (Å²) in [6, 6.07) is 1.75. The number of carbonyl (C=O) groups is 2. The molecule has 1 aliphatic rings. The molecule has 1 amide bonds. The Bertz CT molecular complexity index is 510. The highest BCUT2D eigenvalue weighted by molar-refractivity contribution is 9.10. The third-order valence-electron chi connectivity index (χ3n) is 2.14. The number of halogens is 4. The Morgan fingerprint density at radius 1 is 1.19 bits per heavy atom. The lowest BCUT2D eigenvalue weighted by Crippen LogP contribution is -2.12. The van der Waals surface area contributed by atoms with E-state index in [1.54, 1.807) is 0 Å². The number of rotatable bonds is 0. The van der Waals surface area contributed by atoms with Crippen LogP contribution in [0.15, 0.2) is 16.6 Å². The first-order valence-electron chi connectivity index (χ1n) is 4.07. The SMILES string of the molecule is O=C1Nc2c(ccc(C(F)(F)F)c2Br)C1=O. The molecule has 1 heterocycles. The van der Waals surface area contributed by atoms with E-state index >= 15 is 0 Å². The Morgan fingerprint density at radius 2 is 1.81 bits per heavy atom. The van der Waals surface area contributed by atoms with Crippen LogP contribution in [0.25, 0.3) is 0 Å². The van der Waals surface area contributed by atoms with Crippen LogP contribution in [0, 0.1) is 0 Å². The molecule has 1 aromatic rings. The van der Waals surface area contributed by atoms with Gasteiger partial charge in [0.2, 0.25) is 0 Å². The number of Topliss-reactive ketones (excluding diaryl/α,β-unsaturated/α-hetero) is 1. The van der Waals surface area contributed by atoms with Crippen molar-refractivity contribution < 1.29 is 22.8 Å². The van der Waals surface area contributed by atoms with Gasteiger partial charge in [0.25, 0.3) is 11.7 Å². The first-order chi connectivity index (χ1) is 7.32. The van der Waals surface area contributed by atoms with Crippen molar-refractivity contribution in [3.8, 4) is 0 Å². The van der Waals surface area contributed by atoms with Crippen molar-refractivity contribution in [3.63, 3.8) is 0 Å². The second-order valence-electron chi connectivity index (χ2n) is 3.13. The lowest BCUT2D eigenvalue weighted by Gasteiger charge is -2.11. The molecule has 84 valence electrons. The number of benzene rings is 1. The average Bonchev–Trinajstić information content (AvgIpc) is 2.44. The molecule has 0 atom stereocenters. The molecule has 0 aromatic heterocycles. The van der Waals surface area contributed by atoms with E-state index in [4.69, 9.17) is 0 Å². The van der Waals surface area contributed by atoms with Crippen LogP contribution < -0.4 is 5.32 Å². The topological polar surface area (TPSA) is 46.2 Å². The number of alkyl halides is 3. The van der Waals surface area contributed by atoms with E-state index in [9.17, 15) is 22.8 Å². The third-order valence-corrected chi connectivity index (χ3v) is 2.96. The summed E-state index contributed by atoms with van der Waals surface area (Å²) in [6.45, 7) is 0. The number of anilines is 1. The van der Waals surface area contributed by atoms with Gasteiger partial charge in [0.1, 0.15) is 0 Å². The molecular weight excluding hydrogens is 291 g/mol. The van der Waals surface area contributed by atoms with Gasteiger partial charge >= 0.3 is 6.18 Å². The summed E-state index contributed by atoms with van der Waals surface area (Å²) in [5.74, 6) is -1.75. The minimum atomic E-state index is -4.54. The van der Waals surface area contributed by atoms with Gasteiger partial charge in [-0.25, -0.2) is 0 Å². The Morgan fingerprint density at radius 3 is 2.38 bits per heavy atom. The predicted molar refractivity (Wildman–Crippen MR) is 52.1 cm³/mol. The highest BCUT2D eigenvalue weighted by Crippen LogP contribution is 2.41. The van der Waals surface area contributed by atoms with Gasteiger partial charge in [-0.1, -0.05) is 0 Å². The number of fused-ring (bicyclic) bond motifs is 1. The quantitative estimate of drug-likeness (QED) is 0.748. The molecule has 0 saturated heterocycles. The lowest BCUT2D eigenvalue weighted by molar-refractivity contribution is -0.138. The zero-order valence-electron chi connectivity index (χ0n) is 7.48. The maximum absolute atomic E-state index is 12.5. The van der Waals surface area contributed by atoms with Crippen molar-refractivity contribution in [2.75, 3.05) is 5.32 Å². The average molecular weight is 294 g/mol. The summed E-state index contributed by atoms with van der Waals surface area (Å²) in [4.78, 5) is 22.2. The van der Waals surface area contributed by atoms with Gasteiger partial charge in [0.15, 0.2) is 0 Å². The van der Waals surface area contributed by atoms with Gasteiger partial charge in [0.05, 0.1) is 21.3 Å². The monoisotopic (exact) mass is 293 g/mol. The van der Waals surface area contributed by atoms with Crippen LogP contribution >= 0.6 is 15.9 Å². The largest absolute Gasteiger partial charge is 0.417 e. The van der Waals surface area contributed by atoms with Crippen LogP contribution in [-0.4, -0.2) is 11.7 Å². The predicted octanol–water partition coefficient (Wildman–Crippen LogP) is 2.60. The fraction of sp³-hybridized carbons (Fsp3) is 0.111. The maximum atomic E-state index is 12.5. The zero-order valence-corrected chi connectivity index (χ0v) is 9.07. The Labute approximate surface area is 95.8 Å². The van der Waals surface area contributed by atoms with E-state index in [2.05, 4.69) is 21.2 Å². The number of hydrogen-bond acceptors (Lipinski definition) is 2. The van der Waals surface area contributed by atoms with Crippen molar-refractivity contribution in [1.29, 1.82) is 0 Å². The molecule has 0 aliphatic carbocycles. The smallest absolute Gasteiger partial charge is 0.317 e. The molecule has 0 radical (unpaired) electrons. The van der Waals surface area contributed by atoms with Crippen molar-refractivity contribution in [2.45, 2.75) is 6.18 Å². The Hall–Kier alpha value is -1.37. The second-order valence-corrected chi connectivity index (χ2v) is 3.92. The van der Waals surface area contributed by atoms with Crippen molar-refractivity contribution in [3.05, 3.63) is 27.7 Å². The van der Waals surface area contributed by atoms with Crippen LogP contribution in [0.1, 0.15) is 15.9 Å². The van der Waals surface area contributed by atoms with Gasteiger partial charge in [-0.2, -0.15) is 13.2 Å². The minimum absolute atomic E-state index is 0.0510. The fourth-order valence-corrected chi connectivity index (χ4v) is 2.07. The van der Waals surface area contributed by atoms with Crippen molar-refractivity contribution >= 4 is 33.3 Å². The minimum Gasteiger partial charge on any atom is -0.317 e. The number of ketones is 1. The summed E-state index contributed by atoms with van der Waals surface area (Å²) in [7, 11) is 0. The summed E-state index contributed by atoms with van der Waals surface area (Å²) in [6.07, 6.45) is -4.54. The van der Waals surface area contributed by atoms with Gasteiger partial charge in [-0.3, -0.25) is 9.59 Å². The second kappa shape index (κ2) is 3.31. The molecule has 7 heteroatoms. The van der Waals surface area contributed by atoms with Crippen molar-refractivity contribution in [1.82, 2.24) is 0 Å². The molecule has 3 nitrogen and oxygen atoms in total. The number of hydrogen-bond donors (Lipinski definition) is 1. The fourth-order valence-electron chi connectivity index (χ4n) is 1.40. The molecule has 1 aromatic carbocycles. The van der Waals surface area contributed by atoms with Crippen LogP contribution in [-0.2, 0) is 11.0 Å². The summed E-state index contributed by atoms with van der Waals surface area (Å²) in [5, 5.41) is 2.09. The first-order valence-corrected chi connectivity index (χ1v) is 4.87. The molecule has 0 saturated carbocycles. The third kappa shape index (κ3) is 1.51. The van der Waals surface area contributed by atoms with E-state index < -0.39 is 23.4 Å². The summed E-state index contributed by atoms with van der Waals surface area (Å²) >= 11 is 2.74. The van der Waals surface area contributed by atoms with Crippen LogP contribution in [0.5, 0.6) is 0 Å². The van der Waals surface area contributed by atoms with Crippen molar-refractivity contribution in [2.24, 2.45) is 0 Å². The molecule has 0 spiro atoms. The standard InChI is InChI=1S/C9H3BrF3NO2/c10-5-4(9(11,12)13)2-1-3-6(5)14-8(16)7(3)15/h1-2H,(H,14,15,16). The molecule has 16 heavy (non-hydrogen) atoms. The Kier molecular flexibility index (Phi) is 2.30. The van der Waals surface area contributed by atoms with Gasteiger partial charge in [-0.15, -0.1) is 0 Å². The normalized spacial score (nSPS) is 15.0. The molecule has 1 N–H and O–H groups in total. The van der Waals surface area contributed by atoms with E-state index in [0.717, 1.165) is 12.1 Å². The number of amides is 1. The van der Waals surface area contributed by atoms with E-state index in [1.807, 2.05) is 0 Å². The number of carbonyl (C=O) groups excluding carboxylic acids is 2. The van der Waals surface area contributed by atoms with Gasteiger partial charge in [-0.05, 0) is 28.1 Å². The van der Waals surface area contributed by atoms with E-state index in [0.29, 0.717) is 0 Å². The van der Waals surface area contributed by atoms with Gasteiger partial charge < -0.3 is 5.32 Å². The molecule has 2 rings (SSSR count). The Balaban J connectivity index is 2.64.